The lowest BCUT2D eigenvalue weighted by Crippen LogP contribution is -2.48. The fourth-order valence-electron chi connectivity index (χ4n) is 3.46. The monoisotopic (exact) mass is 367 g/mol. The quantitative estimate of drug-likeness (QED) is 0.635. The van der Waals surface area contributed by atoms with Gasteiger partial charge >= 0.3 is 0 Å². The van der Waals surface area contributed by atoms with Crippen molar-refractivity contribution in [3.8, 4) is 17.6 Å². The molecule has 0 fully saturated rings. The van der Waals surface area contributed by atoms with Crippen LogP contribution in [0.2, 0.25) is 0 Å². The zero-order chi connectivity index (χ0) is 19.5. The molecule has 27 heavy (non-hydrogen) atoms. The number of fused-ring (bicyclic) bond motifs is 4. The Hall–Kier alpha value is -3.08. The van der Waals surface area contributed by atoms with Crippen LogP contribution in [0.1, 0.15) is 31.1 Å². The summed E-state index contributed by atoms with van der Waals surface area (Å²) in [5.74, 6) is 0.504. The normalized spacial score (nSPS) is 20.7. The molecular formula is C20H17NO6. The first kappa shape index (κ1) is 17.3. The van der Waals surface area contributed by atoms with Gasteiger partial charge < -0.3 is 24.1 Å². The minimum atomic E-state index is -1.32. The van der Waals surface area contributed by atoms with Crippen LogP contribution in [0.4, 0.5) is 0 Å². The SMILES string of the molecule is COc1cc2c(c3oc4cc(C#N)ccc4c(=O)c13)[C@@H](O)[C@@H](O)C(C)(C)O2. The molecule has 138 valence electrons. The number of nitrogens with zero attached hydrogens (tertiary/aromatic N) is 1. The van der Waals surface area contributed by atoms with Crippen molar-refractivity contribution >= 4 is 21.9 Å². The van der Waals surface area contributed by atoms with E-state index in [2.05, 4.69) is 0 Å². The molecule has 7 heteroatoms. The first-order chi connectivity index (χ1) is 12.8. The molecule has 0 saturated heterocycles. The summed E-state index contributed by atoms with van der Waals surface area (Å²) in [6.45, 7) is 3.30. The van der Waals surface area contributed by atoms with E-state index in [-0.39, 0.29) is 44.4 Å². The van der Waals surface area contributed by atoms with Crippen LogP contribution in [-0.4, -0.2) is 29.0 Å². The predicted octanol–water partition coefficient (Wildman–Crippen LogP) is 2.39. The molecule has 2 N–H and O–H groups in total. The Balaban J connectivity index is 2.18. The second-order valence-electron chi connectivity index (χ2n) is 7.04. The smallest absolute Gasteiger partial charge is 0.204 e. The highest BCUT2D eigenvalue weighted by Crippen LogP contribution is 2.46. The third-order valence-corrected chi connectivity index (χ3v) is 4.94. The Morgan fingerprint density at radius 1 is 1.26 bits per heavy atom. The van der Waals surface area contributed by atoms with Gasteiger partial charge in [0.2, 0.25) is 5.43 Å². The molecule has 2 aromatic carbocycles. The Labute approximate surface area is 154 Å². The molecule has 2 atom stereocenters. The maximum absolute atomic E-state index is 13.1. The van der Waals surface area contributed by atoms with Gasteiger partial charge in [0.15, 0.2) is 5.58 Å². The second kappa shape index (κ2) is 5.71. The average molecular weight is 367 g/mol. The van der Waals surface area contributed by atoms with Gasteiger partial charge in [-0.25, -0.2) is 0 Å². The van der Waals surface area contributed by atoms with E-state index < -0.39 is 17.8 Å². The zero-order valence-electron chi connectivity index (χ0n) is 14.9. The number of hydrogen-bond acceptors (Lipinski definition) is 7. The minimum absolute atomic E-state index is 0.0685. The molecule has 1 aliphatic heterocycles. The molecule has 0 aliphatic carbocycles. The largest absolute Gasteiger partial charge is 0.496 e. The van der Waals surface area contributed by atoms with E-state index in [0.29, 0.717) is 5.56 Å². The van der Waals surface area contributed by atoms with E-state index in [9.17, 15) is 15.0 Å². The number of rotatable bonds is 1. The minimum Gasteiger partial charge on any atom is -0.496 e. The number of ether oxygens (including phenoxy) is 2. The summed E-state index contributed by atoms with van der Waals surface area (Å²) in [4.78, 5) is 13.1. The number of methoxy groups -OCH3 is 1. The van der Waals surface area contributed by atoms with Crippen molar-refractivity contribution in [2.24, 2.45) is 0 Å². The van der Waals surface area contributed by atoms with Crippen LogP contribution in [0.25, 0.3) is 21.9 Å². The topological polar surface area (TPSA) is 113 Å². The van der Waals surface area contributed by atoms with E-state index in [0.717, 1.165) is 0 Å². The Kier molecular flexibility index (Phi) is 3.67. The first-order valence-corrected chi connectivity index (χ1v) is 8.35. The molecule has 0 amide bonds. The van der Waals surface area contributed by atoms with Crippen molar-refractivity contribution in [2.45, 2.75) is 31.7 Å². The van der Waals surface area contributed by atoms with Gasteiger partial charge in [0.25, 0.3) is 0 Å². The van der Waals surface area contributed by atoms with Crippen molar-refractivity contribution in [3.63, 3.8) is 0 Å². The van der Waals surface area contributed by atoms with Crippen LogP contribution in [0.5, 0.6) is 11.5 Å². The van der Waals surface area contributed by atoms with E-state index in [1.165, 1.54) is 31.4 Å². The van der Waals surface area contributed by atoms with Crippen molar-refractivity contribution in [1.29, 1.82) is 5.26 Å². The van der Waals surface area contributed by atoms with Crippen molar-refractivity contribution < 1.29 is 24.1 Å². The molecule has 1 aliphatic rings. The van der Waals surface area contributed by atoms with Crippen molar-refractivity contribution in [3.05, 3.63) is 45.6 Å². The molecule has 4 rings (SSSR count). The lowest BCUT2D eigenvalue weighted by Gasteiger charge is -2.40. The standard InChI is InChI=1S/C20H17NO6/c1-20(2)19(24)17(23)15-13(27-20)7-12(25-3)14-16(22)10-5-4-9(8-21)6-11(10)26-18(14)15/h4-7,17,19,23-24H,1-3H3/t17-,19-/m1/s1. The van der Waals surface area contributed by atoms with Gasteiger partial charge in [0.05, 0.1) is 29.7 Å². The van der Waals surface area contributed by atoms with Crippen LogP contribution in [0.3, 0.4) is 0 Å². The Morgan fingerprint density at radius 2 is 2.00 bits per heavy atom. The molecule has 0 saturated carbocycles. The molecule has 2 heterocycles. The fraction of sp³-hybridized carbons (Fsp3) is 0.300. The lowest BCUT2D eigenvalue weighted by atomic mass is 9.87. The first-order valence-electron chi connectivity index (χ1n) is 8.35. The van der Waals surface area contributed by atoms with Crippen molar-refractivity contribution in [1.82, 2.24) is 0 Å². The highest BCUT2D eigenvalue weighted by atomic mass is 16.5. The summed E-state index contributed by atoms with van der Waals surface area (Å²) >= 11 is 0. The molecule has 0 unspecified atom stereocenters. The zero-order valence-corrected chi connectivity index (χ0v) is 14.9. The van der Waals surface area contributed by atoms with Crippen LogP contribution >= 0.6 is 0 Å². The van der Waals surface area contributed by atoms with Crippen LogP contribution in [0.15, 0.2) is 33.5 Å². The van der Waals surface area contributed by atoms with Gasteiger partial charge in [0, 0.05) is 6.07 Å². The Bertz CT molecular complexity index is 1190. The average Bonchev–Trinajstić information content (AvgIpc) is 2.64. The number of aliphatic hydroxyl groups excluding tert-OH is 2. The van der Waals surface area contributed by atoms with E-state index >= 15 is 0 Å². The van der Waals surface area contributed by atoms with Gasteiger partial charge in [-0.05, 0) is 32.0 Å². The summed E-state index contributed by atoms with van der Waals surface area (Å²) < 4.78 is 17.1. The van der Waals surface area contributed by atoms with Crippen LogP contribution in [0, 0.1) is 11.3 Å². The lowest BCUT2D eigenvalue weighted by molar-refractivity contribution is -0.111. The molecule has 3 aromatic rings. The number of nitriles is 1. The molecular weight excluding hydrogens is 350 g/mol. The van der Waals surface area contributed by atoms with Crippen LogP contribution in [-0.2, 0) is 0 Å². The Morgan fingerprint density at radius 3 is 2.67 bits per heavy atom. The number of benzene rings is 2. The highest BCUT2D eigenvalue weighted by Gasteiger charge is 2.44. The van der Waals surface area contributed by atoms with E-state index in [1.807, 2.05) is 6.07 Å². The fourth-order valence-corrected chi connectivity index (χ4v) is 3.46. The molecule has 7 nitrogen and oxygen atoms in total. The van der Waals surface area contributed by atoms with Gasteiger partial charge in [-0.2, -0.15) is 5.26 Å². The third kappa shape index (κ3) is 2.38. The van der Waals surface area contributed by atoms with Crippen molar-refractivity contribution in [2.75, 3.05) is 7.11 Å². The predicted molar refractivity (Wildman–Crippen MR) is 96.9 cm³/mol. The van der Waals surface area contributed by atoms with E-state index in [4.69, 9.17) is 19.2 Å². The highest BCUT2D eigenvalue weighted by molar-refractivity contribution is 5.96. The van der Waals surface area contributed by atoms with Gasteiger partial charge in [-0.15, -0.1) is 0 Å². The summed E-state index contributed by atoms with van der Waals surface area (Å²) in [6, 6.07) is 8.01. The second-order valence-corrected chi connectivity index (χ2v) is 7.04. The molecule has 0 bridgehead atoms. The molecule has 1 aromatic heterocycles. The number of aliphatic hydroxyl groups is 2. The summed E-state index contributed by atoms with van der Waals surface area (Å²) in [7, 11) is 1.42. The summed E-state index contributed by atoms with van der Waals surface area (Å²) in [6.07, 6.45) is -2.55. The molecule has 0 spiro atoms. The maximum atomic E-state index is 13.1. The third-order valence-electron chi connectivity index (χ3n) is 4.94. The van der Waals surface area contributed by atoms with Gasteiger partial charge in [-0.3, -0.25) is 4.79 Å². The number of hydrogen-bond donors (Lipinski definition) is 2. The van der Waals surface area contributed by atoms with Gasteiger partial charge in [0.1, 0.15) is 40.3 Å². The van der Waals surface area contributed by atoms with E-state index in [1.54, 1.807) is 13.8 Å². The van der Waals surface area contributed by atoms with Gasteiger partial charge in [-0.1, -0.05) is 0 Å². The molecule has 0 radical (unpaired) electrons. The van der Waals surface area contributed by atoms with Crippen LogP contribution < -0.4 is 14.9 Å². The summed E-state index contributed by atoms with van der Waals surface area (Å²) in [5, 5.41) is 30.7. The summed E-state index contributed by atoms with van der Waals surface area (Å²) in [5.41, 5.74) is -0.621. The maximum Gasteiger partial charge on any atom is 0.204 e.